The molecule has 0 bridgehead atoms. The van der Waals surface area contributed by atoms with E-state index in [1.165, 1.54) is 27.8 Å². The SMILES string of the molecule is Cc1ccc(C)c(C=C2CCCc3c2nc2ccc(C(=O)O)cn2c3=O)c1. The average molecular weight is 360 g/mol. The van der Waals surface area contributed by atoms with Gasteiger partial charge in [-0.15, -0.1) is 0 Å². The molecule has 0 atom stereocenters. The van der Waals surface area contributed by atoms with E-state index in [0.717, 1.165) is 29.7 Å². The molecule has 1 aromatic carbocycles. The van der Waals surface area contributed by atoms with Crippen molar-refractivity contribution in [3.8, 4) is 0 Å². The summed E-state index contributed by atoms with van der Waals surface area (Å²) in [5.74, 6) is -1.06. The highest BCUT2D eigenvalue weighted by atomic mass is 16.4. The van der Waals surface area contributed by atoms with Gasteiger partial charge in [-0.3, -0.25) is 9.20 Å². The van der Waals surface area contributed by atoms with Gasteiger partial charge in [0, 0.05) is 11.8 Å². The van der Waals surface area contributed by atoms with Gasteiger partial charge < -0.3 is 5.11 Å². The van der Waals surface area contributed by atoms with E-state index in [1.54, 1.807) is 6.07 Å². The van der Waals surface area contributed by atoms with Crippen molar-refractivity contribution in [2.24, 2.45) is 0 Å². The van der Waals surface area contributed by atoms with Crippen LogP contribution in [0.2, 0.25) is 0 Å². The van der Waals surface area contributed by atoms with Crippen LogP contribution in [0.25, 0.3) is 17.3 Å². The van der Waals surface area contributed by atoms with Crippen LogP contribution in [0.15, 0.2) is 41.3 Å². The number of carbonyl (C=O) groups is 1. The van der Waals surface area contributed by atoms with Gasteiger partial charge in [0.05, 0.1) is 11.3 Å². The van der Waals surface area contributed by atoms with Gasteiger partial charge in [0.15, 0.2) is 0 Å². The molecule has 0 saturated carbocycles. The van der Waals surface area contributed by atoms with E-state index in [2.05, 4.69) is 38.1 Å². The molecule has 27 heavy (non-hydrogen) atoms. The lowest BCUT2D eigenvalue weighted by Crippen LogP contribution is -2.25. The van der Waals surface area contributed by atoms with E-state index in [-0.39, 0.29) is 11.1 Å². The first-order valence-corrected chi connectivity index (χ1v) is 9.01. The zero-order valence-electron chi connectivity index (χ0n) is 15.3. The fraction of sp³-hybridized carbons (Fsp3) is 0.227. The van der Waals surface area contributed by atoms with Crippen molar-refractivity contribution in [2.75, 3.05) is 0 Å². The normalized spacial score (nSPS) is 15.1. The highest BCUT2D eigenvalue weighted by molar-refractivity contribution is 5.88. The molecule has 0 amide bonds. The molecule has 0 aliphatic heterocycles. The fourth-order valence-electron chi connectivity index (χ4n) is 3.61. The van der Waals surface area contributed by atoms with Crippen molar-refractivity contribution < 1.29 is 9.90 Å². The lowest BCUT2D eigenvalue weighted by molar-refractivity contribution is 0.0696. The Morgan fingerprint density at radius 2 is 2.00 bits per heavy atom. The summed E-state index contributed by atoms with van der Waals surface area (Å²) in [5, 5.41) is 9.18. The Balaban J connectivity index is 1.92. The van der Waals surface area contributed by atoms with Crippen LogP contribution in [0.4, 0.5) is 0 Å². The lowest BCUT2D eigenvalue weighted by atomic mass is 9.90. The highest BCUT2D eigenvalue weighted by Gasteiger charge is 2.21. The van der Waals surface area contributed by atoms with Gasteiger partial charge in [0.1, 0.15) is 5.65 Å². The van der Waals surface area contributed by atoms with Crippen LogP contribution in [0.5, 0.6) is 0 Å². The summed E-state index contributed by atoms with van der Waals surface area (Å²) in [6, 6.07) is 9.40. The van der Waals surface area contributed by atoms with E-state index < -0.39 is 5.97 Å². The Morgan fingerprint density at radius 3 is 2.78 bits per heavy atom. The van der Waals surface area contributed by atoms with Crippen LogP contribution >= 0.6 is 0 Å². The number of pyridine rings is 1. The average Bonchev–Trinajstić information content (AvgIpc) is 2.65. The van der Waals surface area contributed by atoms with E-state index in [1.807, 2.05) is 0 Å². The summed E-state index contributed by atoms with van der Waals surface area (Å²) in [6.07, 6.45) is 5.90. The van der Waals surface area contributed by atoms with Crippen molar-refractivity contribution >= 4 is 23.3 Å². The number of aromatic nitrogens is 2. The summed E-state index contributed by atoms with van der Waals surface area (Å²) in [6.45, 7) is 4.14. The molecule has 1 aliphatic rings. The molecular formula is C22H20N2O3. The molecule has 0 unspecified atom stereocenters. The third-order valence-corrected chi connectivity index (χ3v) is 5.10. The standard InChI is InChI=1S/C22H20N2O3/c1-13-6-7-14(2)17(10-13)11-15-4-3-5-18-20(15)23-19-9-8-16(22(26)27)12-24(19)21(18)25/h6-12H,3-5H2,1-2H3,(H,26,27). The Hall–Kier alpha value is -3.21. The molecule has 2 aromatic heterocycles. The molecule has 2 heterocycles. The van der Waals surface area contributed by atoms with Crippen LogP contribution in [0.3, 0.4) is 0 Å². The molecule has 3 aromatic rings. The number of allylic oxidation sites excluding steroid dienone is 1. The van der Waals surface area contributed by atoms with Crippen LogP contribution in [-0.4, -0.2) is 20.5 Å². The number of benzene rings is 1. The largest absolute Gasteiger partial charge is 0.478 e. The monoisotopic (exact) mass is 360 g/mol. The molecule has 5 heteroatoms. The molecule has 5 nitrogen and oxygen atoms in total. The Labute approximate surface area is 156 Å². The molecule has 0 fully saturated rings. The number of hydrogen-bond acceptors (Lipinski definition) is 3. The minimum absolute atomic E-state index is 0.0771. The topological polar surface area (TPSA) is 71.7 Å². The van der Waals surface area contributed by atoms with Crippen LogP contribution < -0.4 is 5.56 Å². The van der Waals surface area contributed by atoms with E-state index in [4.69, 9.17) is 4.98 Å². The zero-order valence-corrected chi connectivity index (χ0v) is 15.3. The van der Waals surface area contributed by atoms with Crippen LogP contribution in [-0.2, 0) is 6.42 Å². The maximum Gasteiger partial charge on any atom is 0.337 e. The number of nitrogens with zero attached hydrogens (tertiary/aromatic N) is 2. The van der Waals surface area contributed by atoms with Gasteiger partial charge in [0.2, 0.25) is 0 Å². The second kappa shape index (κ2) is 6.50. The van der Waals surface area contributed by atoms with Crippen molar-refractivity contribution in [1.29, 1.82) is 0 Å². The van der Waals surface area contributed by atoms with Crippen molar-refractivity contribution in [1.82, 2.24) is 9.38 Å². The third kappa shape index (κ3) is 3.05. The number of aryl methyl sites for hydroxylation is 2. The summed E-state index contributed by atoms with van der Waals surface area (Å²) in [5.41, 5.74) is 6.36. The minimum atomic E-state index is -1.06. The molecule has 1 aliphatic carbocycles. The zero-order chi connectivity index (χ0) is 19.1. The number of rotatable bonds is 2. The Bertz CT molecular complexity index is 1170. The Morgan fingerprint density at radius 1 is 1.19 bits per heavy atom. The first-order chi connectivity index (χ1) is 12.9. The molecule has 0 radical (unpaired) electrons. The first-order valence-electron chi connectivity index (χ1n) is 9.01. The quantitative estimate of drug-likeness (QED) is 0.753. The van der Waals surface area contributed by atoms with Gasteiger partial charge >= 0.3 is 5.97 Å². The second-order valence-corrected chi connectivity index (χ2v) is 7.08. The van der Waals surface area contributed by atoms with Crippen molar-refractivity contribution in [3.05, 3.63) is 80.4 Å². The van der Waals surface area contributed by atoms with Gasteiger partial charge in [-0.1, -0.05) is 23.8 Å². The van der Waals surface area contributed by atoms with E-state index in [0.29, 0.717) is 17.6 Å². The number of hydrogen-bond donors (Lipinski definition) is 1. The van der Waals surface area contributed by atoms with E-state index >= 15 is 0 Å². The molecule has 0 spiro atoms. The van der Waals surface area contributed by atoms with Crippen LogP contribution in [0, 0.1) is 13.8 Å². The smallest absolute Gasteiger partial charge is 0.337 e. The van der Waals surface area contributed by atoms with Crippen molar-refractivity contribution in [2.45, 2.75) is 33.1 Å². The summed E-state index contributed by atoms with van der Waals surface area (Å²) >= 11 is 0. The number of fused-ring (bicyclic) bond motifs is 2. The van der Waals surface area contributed by atoms with Gasteiger partial charge in [0.25, 0.3) is 5.56 Å². The lowest BCUT2D eigenvalue weighted by Gasteiger charge is -2.19. The maximum absolute atomic E-state index is 13.0. The maximum atomic E-state index is 13.0. The summed E-state index contributed by atoms with van der Waals surface area (Å²) in [4.78, 5) is 28.9. The first kappa shape index (κ1) is 17.2. The van der Waals surface area contributed by atoms with Gasteiger partial charge in [-0.05, 0) is 68.0 Å². The molecule has 136 valence electrons. The Kier molecular flexibility index (Phi) is 4.15. The predicted octanol–water partition coefficient (Wildman–Crippen LogP) is 3.89. The summed E-state index contributed by atoms with van der Waals surface area (Å²) in [7, 11) is 0. The third-order valence-electron chi connectivity index (χ3n) is 5.10. The van der Waals surface area contributed by atoms with Gasteiger partial charge in [-0.2, -0.15) is 0 Å². The molecule has 1 N–H and O–H groups in total. The summed E-state index contributed by atoms with van der Waals surface area (Å²) < 4.78 is 1.35. The van der Waals surface area contributed by atoms with Crippen LogP contribution in [0.1, 0.15) is 51.1 Å². The number of aromatic carboxylic acids is 1. The molecule has 4 rings (SSSR count). The molecule has 0 saturated heterocycles. The predicted molar refractivity (Wildman–Crippen MR) is 105 cm³/mol. The van der Waals surface area contributed by atoms with Crippen molar-refractivity contribution in [3.63, 3.8) is 0 Å². The molecular weight excluding hydrogens is 340 g/mol. The van der Waals surface area contributed by atoms with E-state index in [9.17, 15) is 14.7 Å². The second-order valence-electron chi connectivity index (χ2n) is 7.08. The number of carboxylic acid groups (broad SMARTS) is 1. The fourth-order valence-corrected chi connectivity index (χ4v) is 3.61. The minimum Gasteiger partial charge on any atom is -0.478 e. The van der Waals surface area contributed by atoms with Gasteiger partial charge in [-0.25, -0.2) is 9.78 Å². The number of carboxylic acids is 1. The highest BCUT2D eigenvalue weighted by Crippen LogP contribution is 2.30.